The summed E-state index contributed by atoms with van der Waals surface area (Å²) in [6.45, 7) is 6.58. The van der Waals surface area contributed by atoms with Crippen molar-refractivity contribution in [3.8, 4) is 21.9 Å². The number of β-amino-alcohol motifs (C(OH)–C–C–N with tert-alkyl or cyclic N) is 1. The van der Waals surface area contributed by atoms with Crippen molar-refractivity contribution in [1.82, 2.24) is 14.9 Å². The van der Waals surface area contributed by atoms with E-state index < -0.39 is 0 Å². The third-order valence-corrected chi connectivity index (χ3v) is 7.95. The van der Waals surface area contributed by atoms with Gasteiger partial charge in [-0.1, -0.05) is 24.3 Å². The molecule has 8 heteroatoms. The van der Waals surface area contributed by atoms with Gasteiger partial charge in [-0.2, -0.15) is 0 Å². The average Bonchev–Trinajstić information content (AvgIpc) is 3.53. The predicted octanol–water partition coefficient (Wildman–Crippen LogP) is 5.42. The van der Waals surface area contributed by atoms with Crippen LogP contribution in [0.4, 0.5) is 5.82 Å². The summed E-state index contributed by atoms with van der Waals surface area (Å²) >= 11 is 1.79. The molecule has 5 rings (SSSR count). The number of thiophene rings is 1. The third-order valence-electron chi connectivity index (χ3n) is 6.64. The molecular weight excluding hydrogens is 472 g/mol. The summed E-state index contributed by atoms with van der Waals surface area (Å²) in [6.07, 6.45) is 0.643. The van der Waals surface area contributed by atoms with Crippen LogP contribution in [0.5, 0.6) is 11.5 Å². The molecule has 0 amide bonds. The lowest BCUT2D eigenvalue weighted by Gasteiger charge is -2.18. The van der Waals surface area contributed by atoms with Gasteiger partial charge in [0.05, 0.1) is 31.9 Å². The van der Waals surface area contributed by atoms with Gasteiger partial charge in [0.1, 0.15) is 11.6 Å². The van der Waals surface area contributed by atoms with Gasteiger partial charge >= 0.3 is 0 Å². The average molecular weight is 505 g/mol. The smallest absolute Gasteiger partial charge is 0.162 e. The first-order valence-electron chi connectivity index (χ1n) is 12.2. The van der Waals surface area contributed by atoms with Crippen molar-refractivity contribution in [3.05, 3.63) is 64.8 Å². The number of benzene rings is 2. The quantitative estimate of drug-likeness (QED) is 0.331. The largest absolute Gasteiger partial charge is 0.493 e. The van der Waals surface area contributed by atoms with Crippen LogP contribution < -0.4 is 14.8 Å². The Balaban J connectivity index is 1.40. The van der Waals surface area contributed by atoms with E-state index in [9.17, 15) is 5.11 Å². The molecule has 2 aromatic carbocycles. The van der Waals surface area contributed by atoms with Crippen LogP contribution in [0.15, 0.2) is 48.5 Å². The molecule has 2 unspecified atom stereocenters. The molecule has 0 spiro atoms. The summed E-state index contributed by atoms with van der Waals surface area (Å²) in [5, 5.41) is 14.4. The first kappa shape index (κ1) is 24.5. The summed E-state index contributed by atoms with van der Waals surface area (Å²) in [7, 11) is 3.26. The second-order valence-electron chi connectivity index (χ2n) is 9.25. The van der Waals surface area contributed by atoms with E-state index in [1.807, 2.05) is 19.1 Å². The second kappa shape index (κ2) is 10.4. The van der Waals surface area contributed by atoms with Crippen molar-refractivity contribution in [2.24, 2.45) is 0 Å². The number of aliphatic hydroxyl groups is 1. The molecule has 0 aliphatic carbocycles. The summed E-state index contributed by atoms with van der Waals surface area (Å²) in [5.41, 5.74) is 3.35. The number of rotatable bonds is 8. The molecule has 1 aliphatic heterocycles. The number of anilines is 1. The molecule has 0 radical (unpaired) electrons. The Hall–Kier alpha value is -3.20. The van der Waals surface area contributed by atoms with Crippen LogP contribution >= 0.6 is 11.3 Å². The maximum Gasteiger partial charge on any atom is 0.162 e. The Morgan fingerprint density at radius 1 is 1.11 bits per heavy atom. The van der Waals surface area contributed by atoms with E-state index in [1.165, 1.54) is 20.9 Å². The van der Waals surface area contributed by atoms with Gasteiger partial charge < -0.3 is 19.9 Å². The van der Waals surface area contributed by atoms with E-state index >= 15 is 0 Å². The van der Waals surface area contributed by atoms with Crippen LogP contribution in [0.3, 0.4) is 0 Å². The number of nitrogens with one attached hydrogen (secondary N) is 1. The van der Waals surface area contributed by atoms with Crippen LogP contribution in [0.2, 0.25) is 0 Å². The highest BCUT2D eigenvalue weighted by Gasteiger charge is 2.22. The molecule has 4 aromatic rings. The third kappa shape index (κ3) is 5.02. The number of methoxy groups -OCH3 is 2. The van der Waals surface area contributed by atoms with Gasteiger partial charge in [-0.3, -0.25) is 4.90 Å². The van der Waals surface area contributed by atoms with Crippen molar-refractivity contribution < 1.29 is 14.6 Å². The highest BCUT2D eigenvalue weighted by atomic mass is 32.1. The van der Waals surface area contributed by atoms with Crippen LogP contribution in [0.1, 0.15) is 35.7 Å². The van der Waals surface area contributed by atoms with Gasteiger partial charge in [0.25, 0.3) is 0 Å². The molecule has 188 valence electrons. The summed E-state index contributed by atoms with van der Waals surface area (Å²) in [4.78, 5) is 14.1. The zero-order chi connectivity index (χ0) is 25.2. The molecule has 0 saturated carbocycles. The lowest BCUT2D eigenvalue weighted by Crippen LogP contribution is -2.21. The molecular formula is C28H32N4O3S. The second-order valence-corrected chi connectivity index (χ2v) is 10.4. The Kier molecular flexibility index (Phi) is 7.09. The van der Waals surface area contributed by atoms with Crippen LogP contribution in [0, 0.1) is 6.92 Å². The fourth-order valence-electron chi connectivity index (χ4n) is 4.78. The Labute approximate surface area is 215 Å². The molecule has 0 bridgehead atoms. The highest BCUT2D eigenvalue weighted by Crippen LogP contribution is 2.37. The van der Waals surface area contributed by atoms with Crippen LogP contribution in [-0.2, 0) is 6.54 Å². The molecule has 1 fully saturated rings. The van der Waals surface area contributed by atoms with Crippen molar-refractivity contribution in [2.45, 2.75) is 39.0 Å². The minimum Gasteiger partial charge on any atom is -0.493 e. The lowest BCUT2D eigenvalue weighted by atomic mass is 10.1. The predicted molar refractivity (Wildman–Crippen MR) is 145 cm³/mol. The SMILES string of the molecule is COc1cc2nc(C)nc(NC(C)c3ccc(-c4ccccc4CN4CCC(O)C4)s3)c2cc1OC. The highest BCUT2D eigenvalue weighted by molar-refractivity contribution is 7.15. The minimum absolute atomic E-state index is 0.0511. The van der Waals surface area contributed by atoms with E-state index in [0.29, 0.717) is 17.3 Å². The monoisotopic (exact) mass is 504 g/mol. The number of aryl methyl sites for hydroxylation is 1. The van der Waals surface area contributed by atoms with Crippen molar-refractivity contribution in [1.29, 1.82) is 0 Å². The number of aliphatic hydroxyl groups excluding tert-OH is 1. The number of likely N-dealkylation sites (tertiary alicyclic amines) is 1. The Bertz CT molecular complexity index is 1370. The van der Waals surface area contributed by atoms with E-state index in [-0.39, 0.29) is 12.1 Å². The van der Waals surface area contributed by atoms with Gasteiger partial charge in [-0.05, 0) is 49.6 Å². The molecule has 1 saturated heterocycles. The van der Waals surface area contributed by atoms with Crippen LogP contribution in [-0.4, -0.2) is 53.4 Å². The number of fused-ring (bicyclic) bond motifs is 1. The van der Waals surface area contributed by atoms with Gasteiger partial charge in [0.2, 0.25) is 0 Å². The fraction of sp³-hybridized carbons (Fsp3) is 0.357. The number of hydrogen-bond acceptors (Lipinski definition) is 8. The number of aromatic nitrogens is 2. The number of hydrogen-bond donors (Lipinski definition) is 2. The molecule has 1 aliphatic rings. The van der Waals surface area contributed by atoms with E-state index in [2.05, 4.69) is 58.5 Å². The summed E-state index contributed by atoms with van der Waals surface area (Å²) in [5.74, 6) is 2.76. The fourth-order valence-corrected chi connectivity index (χ4v) is 5.85. The van der Waals surface area contributed by atoms with Crippen LogP contribution in [0.25, 0.3) is 21.3 Å². The molecule has 3 heterocycles. The van der Waals surface area contributed by atoms with Crippen molar-refractivity contribution >= 4 is 28.1 Å². The zero-order valence-corrected chi connectivity index (χ0v) is 21.9. The normalized spacial score (nSPS) is 16.9. The topological polar surface area (TPSA) is 79.7 Å². The standard InChI is InChI=1S/C28H32N4O3S/c1-17(29-28-22-13-24(34-3)25(35-4)14-23(22)30-18(2)31-28)26-9-10-27(36-26)21-8-6-5-7-19(21)15-32-12-11-20(33)16-32/h5-10,13-14,17,20,33H,11-12,15-16H2,1-4H3,(H,29,30,31). The summed E-state index contributed by atoms with van der Waals surface area (Å²) < 4.78 is 11.0. The molecule has 2 aromatic heterocycles. The molecule has 7 nitrogen and oxygen atoms in total. The number of ether oxygens (including phenoxy) is 2. The number of nitrogens with zero attached hydrogens (tertiary/aromatic N) is 3. The Morgan fingerprint density at radius 3 is 2.64 bits per heavy atom. The maximum atomic E-state index is 9.92. The van der Waals surface area contributed by atoms with Gasteiger partial charge in [0.15, 0.2) is 11.5 Å². The van der Waals surface area contributed by atoms with Crippen molar-refractivity contribution in [2.75, 3.05) is 32.6 Å². The lowest BCUT2D eigenvalue weighted by molar-refractivity contribution is 0.175. The van der Waals surface area contributed by atoms with E-state index in [1.54, 1.807) is 25.6 Å². The van der Waals surface area contributed by atoms with Gasteiger partial charge in [0, 0.05) is 40.8 Å². The zero-order valence-electron chi connectivity index (χ0n) is 21.1. The Morgan fingerprint density at radius 2 is 1.89 bits per heavy atom. The first-order valence-corrected chi connectivity index (χ1v) is 13.0. The molecule has 2 atom stereocenters. The van der Waals surface area contributed by atoms with Crippen molar-refractivity contribution in [3.63, 3.8) is 0 Å². The minimum atomic E-state index is -0.208. The molecule has 2 N–H and O–H groups in total. The van der Waals surface area contributed by atoms with Gasteiger partial charge in [-0.25, -0.2) is 9.97 Å². The van der Waals surface area contributed by atoms with Gasteiger partial charge in [-0.15, -0.1) is 11.3 Å². The first-order chi connectivity index (χ1) is 17.4. The summed E-state index contributed by atoms with van der Waals surface area (Å²) in [6, 6.07) is 16.8. The van der Waals surface area contributed by atoms with E-state index in [0.717, 1.165) is 42.8 Å². The van der Waals surface area contributed by atoms with E-state index in [4.69, 9.17) is 14.5 Å². The molecule has 36 heavy (non-hydrogen) atoms. The maximum absolute atomic E-state index is 9.92.